The fourth-order valence-electron chi connectivity index (χ4n) is 1.94. The maximum absolute atomic E-state index is 10.6. The Bertz CT molecular complexity index is 449. The first kappa shape index (κ1) is 15.1. The Morgan fingerprint density at radius 1 is 1.37 bits per heavy atom. The molecule has 102 valence electrons. The summed E-state index contributed by atoms with van der Waals surface area (Å²) in [7, 11) is 0. The largest absolute Gasteiger partial charge is 0.298 e. The van der Waals surface area contributed by atoms with Gasteiger partial charge in [0.1, 0.15) is 0 Å². The van der Waals surface area contributed by atoms with Gasteiger partial charge in [-0.15, -0.1) is 0 Å². The summed E-state index contributed by atoms with van der Waals surface area (Å²) in [6, 6.07) is 8.74. The lowest BCUT2D eigenvalue weighted by atomic mass is 10.1. The summed E-state index contributed by atoms with van der Waals surface area (Å²) in [4.78, 5) is 12.4. The summed E-state index contributed by atoms with van der Waals surface area (Å²) in [5.74, 6) is 0.525. The van der Waals surface area contributed by atoms with Gasteiger partial charge in [0.25, 0.3) is 5.69 Å². The van der Waals surface area contributed by atoms with Gasteiger partial charge in [0.2, 0.25) is 0 Å². The third kappa shape index (κ3) is 5.49. The second-order valence-electron chi connectivity index (χ2n) is 4.96. The van der Waals surface area contributed by atoms with Crippen LogP contribution >= 0.6 is 0 Å². The highest BCUT2D eigenvalue weighted by atomic mass is 16.6. The van der Waals surface area contributed by atoms with E-state index in [4.69, 9.17) is 5.26 Å². The molecule has 0 bridgehead atoms. The van der Waals surface area contributed by atoms with Gasteiger partial charge in [-0.2, -0.15) is 5.26 Å². The van der Waals surface area contributed by atoms with Crippen LogP contribution in [0.25, 0.3) is 0 Å². The molecule has 0 aromatic heterocycles. The molecular weight excluding hydrogens is 242 g/mol. The standard InChI is InChI=1S/C14H19N3O2/c1-12(2)10-16(9-3-8-15)11-13-4-6-14(7-5-13)17(18)19/h4-7,12H,3,9-11H2,1-2H3. The van der Waals surface area contributed by atoms with Crippen LogP contribution in [0.2, 0.25) is 0 Å². The summed E-state index contributed by atoms with van der Waals surface area (Å²) >= 11 is 0. The van der Waals surface area contributed by atoms with Crippen LogP contribution in [0.4, 0.5) is 5.69 Å². The fourth-order valence-corrected chi connectivity index (χ4v) is 1.94. The minimum absolute atomic E-state index is 0.108. The van der Waals surface area contributed by atoms with Crippen LogP contribution in [0, 0.1) is 27.4 Å². The second-order valence-corrected chi connectivity index (χ2v) is 4.96. The molecule has 0 amide bonds. The fraction of sp³-hybridized carbons (Fsp3) is 0.500. The number of rotatable bonds is 7. The number of nitro groups is 1. The summed E-state index contributed by atoms with van der Waals surface area (Å²) in [6.45, 7) is 6.63. The van der Waals surface area contributed by atoms with Crippen LogP contribution < -0.4 is 0 Å². The molecule has 0 aliphatic rings. The van der Waals surface area contributed by atoms with Crippen molar-refractivity contribution >= 4 is 5.69 Å². The van der Waals surface area contributed by atoms with Crippen LogP contribution in [0.5, 0.6) is 0 Å². The zero-order chi connectivity index (χ0) is 14.3. The maximum Gasteiger partial charge on any atom is 0.269 e. The van der Waals surface area contributed by atoms with Crippen molar-refractivity contribution in [2.45, 2.75) is 26.8 Å². The zero-order valence-corrected chi connectivity index (χ0v) is 11.4. The Kier molecular flexibility index (Phi) is 5.97. The SMILES string of the molecule is CC(C)CN(CCC#N)Cc1ccc([N+](=O)[O-])cc1. The lowest BCUT2D eigenvalue weighted by molar-refractivity contribution is -0.384. The zero-order valence-electron chi connectivity index (χ0n) is 11.4. The average Bonchev–Trinajstić information content (AvgIpc) is 2.36. The molecule has 1 aromatic rings. The minimum Gasteiger partial charge on any atom is -0.298 e. The Balaban J connectivity index is 2.67. The van der Waals surface area contributed by atoms with Crippen LogP contribution in [0.3, 0.4) is 0 Å². The van der Waals surface area contributed by atoms with Crippen molar-refractivity contribution in [3.8, 4) is 6.07 Å². The van der Waals surface area contributed by atoms with Gasteiger partial charge >= 0.3 is 0 Å². The average molecular weight is 261 g/mol. The second kappa shape index (κ2) is 7.49. The van der Waals surface area contributed by atoms with Crippen molar-refractivity contribution in [1.82, 2.24) is 4.90 Å². The molecule has 0 atom stereocenters. The van der Waals surface area contributed by atoms with Gasteiger partial charge in [0, 0.05) is 38.2 Å². The smallest absolute Gasteiger partial charge is 0.269 e. The van der Waals surface area contributed by atoms with E-state index in [1.54, 1.807) is 12.1 Å². The minimum atomic E-state index is -0.397. The number of non-ortho nitro benzene ring substituents is 1. The van der Waals surface area contributed by atoms with Crippen LogP contribution in [-0.2, 0) is 6.54 Å². The monoisotopic (exact) mass is 261 g/mol. The lowest BCUT2D eigenvalue weighted by Crippen LogP contribution is -2.28. The van der Waals surface area contributed by atoms with Crippen molar-refractivity contribution in [1.29, 1.82) is 5.26 Å². The highest BCUT2D eigenvalue weighted by Gasteiger charge is 2.09. The quantitative estimate of drug-likeness (QED) is 0.559. The Morgan fingerprint density at radius 3 is 2.47 bits per heavy atom. The predicted molar refractivity (Wildman–Crippen MR) is 73.4 cm³/mol. The molecule has 0 N–H and O–H groups in total. The molecule has 0 unspecified atom stereocenters. The molecule has 5 heteroatoms. The highest BCUT2D eigenvalue weighted by Crippen LogP contribution is 2.14. The molecule has 5 nitrogen and oxygen atoms in total. The molecule has 0 saturated heterocycles. The van der Waals surface area contributed by atoms with E-state index in [1.807, 2.05) is 0 Å². The first-order chi connectivity index (χ1) is 9.02. The number of nitrogens with zero attached hydrogens (tertiary/aromatic N) is 3. The number of nitro benzene ring substituents is 1. The van der Waals surface area contributed by atoms with E-state index in [9.17, 15) is 10.1 Å². The van der Waals surface area contributed by atoms with E-state index < -0.39 is 4.92 Å². The van der Waals surface area contributed by atoms with E-state index in [2.05, 4.69) is 24.8 Å². The van der Waals surface area contributed by atoms with Gasteiger partial charge in [-0.25, -0.2) is 0 Å². The van der Waals surface area contributed by atoms with Crippen molar-refractivity contribution in [3.05, 3.63) is 39.9 Å². The van der Waals surface area contributed by atoms with Crippen molar-refractivity contribution < 1.29 is 4.92 Å². The summed E-state index contributed by atoms with van der Waals surface area (Å²) < 4.78 is 0. The van der Waals surface area contributed by atoms with Crippen molar-refractivity contribution in [2.75, 3.05) is 13.1 Å². The molecule has 0 fully saturated rings. The number of benzene rings is 1. The van der Waals surface area contributed by atoms with Gasteiger partial charge in [-0.1, -0.05) is 26.0 Å². The summed E-state index contributed by atoms with van der Waals surface area (Å²) in [6.07, 6.45) is 0.500. The molecule has 1 rings (SSSR count). The van der Waals surface area contributed by atoms with Gasteiger partial charge in [-0.05, 0) is 11.5 Å². The van der Waals surface area contributed by atoms with Crippen LogP contribution in [0.1, 0.15) is 25.8 Å². The molecule has 0 aliphatic carbocycles. The molecule has 1 aromatic carbocycles. The summed E-state index contributed by atoms with van der Waals surface area (Å²) in [5, 5.41) is 19.2. The van der Waals surface area contributed by atoms with E-state index >= 15 is 0 Å². The molecule has 0 heterocycles. The molecule has 0 saturated carbocycles. The lowest BCUT2D eigenvalue weighted by Gasteiger charge is -2.23. The van der Waals surface area contributed by atoms with Gasteiger partial charge in [0.15, 0.2) is 0 Å². The van der Waals surface area contributed by atoms with Crippen molar-refractivity contribution in [3.63, 3.8) is 0 Å². The Labute approximate surface area is 113 Å². The third-order valence-corrected chi connectivity index (χ3v) is 2.72. The third-order valence-electron chi connectivity index (χ3n) is 2.72. The maximum atomic E-state index is 10.6. The summed E-state index contributed by atoms with van der Waals surface area (Å²) in [5.41, 5.74) is 1.14. The molecular formula is C14H19N3O2. The van der Waals surface area contributed by atoms with E-state index in [0.29, 0.717) is 12.3 Å². The predicted octanol–water partition coefficient (Wildman–Crippen LogP) is 2.97. The Morgan fingerprint density at radius 2 is 2.00 bits per heavy atom. The normalized spacial score (nSPS) is 10.7. The van der Waals surface area contributed by atoms with Gasteiger partial charge < -0.3 is 0 Å². The molecule has 0 aliphatic heterocycles. The topological polar surface area (TPSA) is 70.2 Å². The molecule has 0 spiro atoms. The van der Waals surface area contributed by atoms with Crippen LogP contribution in [0.15, 0.2) is 24.3 Å². The van der Waals surface area contributed by atoms with Crippen LogP contribution in [-0.4, -0.2) is 22.9 Å². The van der Waals surface area contributed by atoms with E-state index in [-0.39, 0.29) is 5.69 Å². The van der Waals surface area contributed by atoms with E-state index in [0.717, 1.165) is 25.2 Å². The van der Waals surface area contributed by atoms with Gasteiger partial charge in [0.05, 0.1) is 11.0 Å². The van der Waals surface area contributed by atoms with E-state index in [1.165, 1.54) is 12.1 Å². The number of hydrogen-bond acceptors (Lipinski definition) is 4. The first-order valence-electron chi connectivity index (χ1n) is 6.35. The molecule has 0 radical (unpaired) electrons. The Hall–Kier alpha value is -1.93. The highest BCUT2D eigenvalue weighted by molar-refractivity contribution is 5.32. The molecule has 19 heavy (non-hydrogen) atoms. The first-order valence-corrected chi connectivity index (χ1v) is 6.35. The van der Waals surface area contributed by atoms with Crippen molar-refractivity contribution in [2.24, 2.45) is 5.92 Å². The van der Waals surface area contributed by atoms with Gasteiger partial charge in [-0.3, -0.25) is 15.0 Å². The number of nitriles is 1. The number of hydrogen-bond donors (Lipinski definition) is 0.